The summed E-state index contributed by atoms with van der Waals surface area (Å²) in [4.78, 5) is 23.9. The number of ether oxygens (including phenoxy) is 2. The standard InChI is InChI=1S/C18H20N2O4/c1-19-16(21)11-12-7-9-13(10-8-12)20-18(22)17-14(23-2)5-4-6-15(17)24-3/h4-10H,11H2,1-3H3,(H,19,21)(H,20,22). The number of carbonyl (C=O) groups is 2. The molecule has 0 aliphatic heterocycles. The molecule has 24 heavy (non-hydrogen) atoms. The fourth-order valence-electron chi connectivity index (χ4n) is 2.25. The van der Waals surface area contributed by atoms with Gasteiger partial charge in [-0.15, -0.1) is 0 Å². The van der Waals surface area contributed by atoms with Gasteiger partial charge in [0, 0.05) is 12.7 Å². The van der Waals surface area contributed by atoms with Crippen LogP contribution < -0.4 is 20.1 Å². The topological polar surface area (TPSA) is 76.7 Å². The maximum absolute atomic E-state index is 12.5. The normalized spacial score (nSPS) is 9.96. The van der Waals surface area contributed by atoms with Crippen LogP contribution in [0, 0.1) is 0 Å². The van der Waals surface area contributed by atoms with Crippen LogP contribution in [0.25, 0.3) is 0 Å². The van der Waals surface area contributed by atoms with Crippen LogP contribution in [0.3, 0.4) is 0 Å². The van der Waals surface area contributed by atoms with E-state index in [1.807, 2.05) is 0 Å². The molecular formula is C18H20N2O4. The van der Waals surface area contributed by atoms with Gasteiger partial charge in [0.15, 0.2) is 0 Å². The zero-order valence-corrected chi connectivity index (χ0v) is 13.9. The maximum atomic E-state index is 12.5. The van der Waals surface area contributed by atoms with E-state index in [9.17, 15) is 9.59 Å². The number of hydrogen-bond acceptors (Lipinski definition) is 4. The first-order valence-electron chi connectivity index (χ1n) is 7.41. The van der Waals surface area contributed by atoms with E-state index in [1.54, 1.807) is 49.5 Å². The van der Waals surface area contributed by atoms with Gasteiger partial charge in [-0.3, -0.25) is 9.59 Å². The highest BCUT2D eigenvalue weighted by Crippen LogP contribution is 2.29. The molecule has 2 aromatic carbocycles. The third-order valence-corrected chi connectivity index (χ3v) is 3.51. The van der Waals surface area contributed by atoms with Crippen LogP contribution in [0.15, 0.2) is 42.5 Å². The second-order valence-corrected chi connectivity index (χ2v) is 5.04. The van der Waals surface area contributed by atoms with Gasteiger partial charge in [-0.1, -0.05) is 18.2 Å². The van der Waals surface area contributed by atoms with E-state index in [-0.39, 0.29) is 11.8 Å². The average molecular weight is 328 g/mol. The Labute approximate surface area is 140 Å². The third kappa shape index (κ3) is 4.04. The number of benzene rings is 2. The highest BCUT2D eigenvalue weighted by atomic mass is 16.5. The second kappa shape index (κ2) is 8.01. The zero-order valence-electron chi connectivity index (χ0n) is 13.9. The number of carbonyl (C=O) groups excluding carboxylic acids is 2. The second-order valence-electron chi connectivity index (χ2n) is 5.04. The van der Waals surface area contributed by atoms with E-state index in [0.717, 1.165) is 5.56 Å². The number of rotatable bonds is 6. The number of nitrogens with one attached hydrogen (secondary N) is 2. The minimum Gasteiger partial charge on any atom is -0.496 e. The van der Waals surface area contributed by atoms with Gasteiger partial charge in [0.2, 0.25) is 5.91 Å². The number of amides is 2. The van der Waals surface area contributed by atoms with E-state index in [1.165, 1.54) is 14.2 Å². The van der Waals surface area contributed by atoms with Crippen LogP contribution in [0.2, 0.25) is 0 Å². The Morgan fingerprint density at radius 2 is 1.54 bits per heavy atom. The van der Waals surface area contributed by atoms with Gasteiger partial charge in [0.05, 0.1) is 20.6 Å². The molecule has 0 heterocycles. The van der Waals surface area contributed by atoms with Crippen molar-refractivity contribution < 1.29 is 19.1 Å². The van der Waals surface area contributed by atoms with Crippen molar-refractivity contribution in [2.24, 2.45) is 0 Å². The Balaban J connectivity index is 2.17. The van der Waals surface area contributed by atoms with E-state index < -0.39 is 0 Å². The minimum absolute atomic E-state index is 0.0643. The summed E-state index contributed by atoms with van der Waals surface area (Å²) in [6.45, 7) is 0. The first-order chi connectivity index (χ1) is 11.6. The molecule has 2 aromatic rings. The molecule has 0 aliphatic carbocycles. The molecule has 2 rings (SSSR count). The van der Waals surface area contributed by atoms with E-state index in [4.69, 9.17) is 9.47 Å². The molecule has 6 heteroatoms. The summed E-state index contributed by atoms with van der Waals surface area (Å²) in [6.07, 6.45) is 0.297. The van der Waals surface area contributed by atoms with Gasteiger partial charge in [-0.2, -0.15) is 0 Å². The van der Waals surface area contributed by atoms with Gasteiger partial charge in [0.25, 0.3) is 5.91 Å². The average Bonchev–Trinajstić information content (AvgIpc) is 2.62. The summed E-state index contributed by atoms with van der Waals surface area (Å²) in [7, 11) is 4.59. The number of methoxy groups -OCH3 is 2. The lowest BCUT2D eigenvalue weighted by Crippen LogP contribution is -2.20. The maximum Gasteiger partial charge on any atom is 0.263 e. The minimum atomic E-state index is -0.330. The molecule has 2 N–H and O–H groups in total. The fourth-order valence-corrected chi connectivity index (χ4v) is 2.25. The quantitative estimate of drug-likeness (QED) is 0.853. The molecule has 0 bridgehead atoms. The Morgan fingerprint density at radius 3 is 2.04 bits per heavy atom. The van der Waals surface area contributed by atoms with Gasteiger partial charge in [-0.05, 0) is 29.8 Å². The molecule has 2 amide bonds. The van der Waals surface area contributed by atoms with Crippen molar-refractivity contribution in [2.75, 3.05) is 26.6 Å². The van der Waals surface area contributed by atoms with Crippen molar-refractivity contribution in [2.45, 2.75) is 6.42 Å². The monoisotopic (exact) mass is 328 g/mol. The van der Waals surface area contributed by atoms with Crippen molar-refractivity contribution in [3.05, 3.63) is 53.6 Å². The first-order valence-corrected chi connectivity index (χ1v) is 7.41. The highest BCUT2D eigenvalue weighted by molar-refractivity contribution is 6.08. The fraction of sp³-hybridized carbons (Fsp3) is 0.222. The Kier molecular flexibility index (Phi) is 5.78. The zero-order chi connectivity index (χ0) is 17.5. The van der Waals surface area contributed by atoms with Crippen LogP contribution in [0.4, 0.5) is 5.69 Å². The lowest BCUT2D eigenvalue weighted by atomic mass is 10.1. The van der Waals surface area contributed by atoms with Crippen molar-refractivity contribution in [3.8, 4) is 11.5 Å². The van der Waals surface area contributed by atoms with E-state index in [2.05, 4.69) is 10.6 Å². The molecule has 0 unspecified atom stereocenters. The van der Waals surface area contributed by atoms with E-state index in [0.29, 0.717) is 29.2 Å². The molecule has 0 spiro atoms. The molecule has 0 aromatic heterocycles. The van der Waals surface area contributed by atoms with E-state index >= 15 is 0 Å². The Bertz CT molecular complexity index is 704. The summed E-state index contributed by atoms with van der Waals surface area (Å²) >= 11 is 0. The van der Waals surface area contributed by atoms with Crippen LogP contribution >= 0.6 is 0 Å². The van der Waals surface area contributed by atoms with Crippen LogP contribution in [0.1, 0.15) is 15.9 Å². The largest absolute Gasteiger partial charge is 0.496 e. The van der Waals surface area contributed by atoms with Crippen molar-refractivity contribution in [1.82, 2.24) is 5.32 Å². The number of hydrogen-bond donors (Lipinski definition) is 2. The Hall–Kier alpha value is -3.02. The Morgan fingerprint density at radius 1 is 0.958 bits per heavy atom. The molecule has 6 nitrogen and oxygen atoms in total. The van der Waals surface area contributed by atoms with Crippen molar-refractivity contribution in [1.29, 1.82) is 0 Å². The lowest BCUT2D eigenvalue weighted by molar-refractivity contribution is -0.119. The molecule has 0 fully saturated rings. The summed E-state index contributed by atoms with van der Waals surface area (Å²) in [5, 5.41) is 5.37. The van der Waals surface area contributed by atoms with Gasteiger partial charge in [-0.25, -0.2) is 0 Å². The van der Waals surface area contributed by atoms with Crippen molar-refractivity contribution >= 4 is 17.5 Å². The van der Waals surface area contributed by atoms with Crippen LogP contribution in [-0.4, -0.2) is 33.1 Å². The predicted octanol–water partition coefficient (Wildman–Crippen LogP) is 2.24. The van der Waals surface area contributed by atoms with Crippen molar-refractivity contribution in [3.63, 3.8) is 0 Å². The molecule has 0 saturated carbocycles. The molecule has 0 radical (unpaired) electrons. The molecule has 0 aliphatic rings. The SMILES string of the molecule is CNC(=O)Cc1ccc(NC(=O)c2c(OC)cccc2OC)cc1. The summed E-state index contributed by atoms with van der Waals surface area (Å²) in [6, 6.07) is 12.2. The molecule has 126 valence electrons. The van der Waals surface area contributed by atoms with Crippen LogP contribution in [0.5, 0.6) is 11.5 Å². The van der Waals surface area contributed by atoms with Gasteiger partial charge < -0.3 is 20.1 Å². The number of likely N-dealkylation sites (N-methyl/N-ethyl adjacent to an activating group) is 1. The van der Waals surface area contributed by atoms with Crippen LogP contribution in [-0.2, 0) is 11.2 Å². The molecular weight excluding hydrogens is 308 g/mol. The van der Waals surface area contributed by atoms with Gasteiger partial charge >= 0.3 is 0 Å². The molecule has 0 atom stereocenters. The first kappa shape index (κ1) is 17.3. The summed E-state index contributed by atoms with van der Waals surface area (Å²) < 4.78 is 10.5. The lowest BCUT2D eigenvalue weighted by Gasteiger charge is -2.13. The highest BCUT2D eigenvalue weighted by Gasteiger charge is 2.18. The summed E-state index contributed by atoms with van der Waals surface area (Å²) in [5.74, 6) is 0.472. The summed E-state index contributed by atoms with van der Waals surface area (Å²) in [5.41, 5.74) is 1.81. The number of anilines is 1. The predicted molar refractivity (Wildman–Crippen MR) is 91.7 cm³/mol. The smallest absolute Gasteiger partial charge is 0.263 e. The third-order valence-electron chi connectivity index (χ3n) is 3.51. The van der Waals surface area contributed by atoms with Gasteiger partial charge in [0.1, 0.15) is 17.1 Å². The molecule has 0 saturated heterocycles.